The number of carbonyl (C=O) groups excluding carboxylic acids is 1. The zero-order valence-electron chi connectivity index (χ0n) is 8.47. The van der Waals surface area contributed by atoms with Crippen LogP contribution in [0.25, 0.3) is 0 Å². The molecule has 2 heterocycles. The van der Waals surface area contributed by atoms with Gasteiger partial charge in [0.05, 0.1) is 0 Å². The Balaban J connectivity index is 2.03. The van der Waals surface area contributed by atoms with E-state index in [4.69, 9.17) is 4.42 Å². The quantitative estimate of drug-likeness (QED) is 0.857. The fourth-order valence-electron chi connectivity index (χ4n) is 1.70. The lowest BCUT2D eigenvalue weighted by molar-refractivity contribution is 0.0910. The number of hydrogen-bond acceptors (Lipinski definition) is 3. The Labute approximate surface area is 96.5 Å². The van der Waals surface area contributed by atoms with Crippen LogP contribution >= 0.6 is 15.9 Å². The van der Waals surface area contributed by atoms with Crippen molar-refractivity contribution in [2.45, 2.75) is 19.4 Å². The van der Waals surface area contributed by atoms with Gasteiger partial charge in [-0.05, 0) is 41.9 Å². The molecule has 0 saturated carbocycles. The molecule has 82 valence electrons. The number of furan rings is 1. The predicted molar refractivity (Wildman–Crippen MR) is 59.9 cm³/mol. The minimum atomic E-state index is -0.132. The van der Waals surface area contributed by atoms with Gasteiger partial charge in [0.1, 0.15) is 0 Å². The van der Waals surface area contributed by atoms with Crippen LogP contribution in [0.2, 0.25) is 0 Å². The number of rotatable bonds is 2. The summed E-state index contributed by atoms with van der Waals surface area (Å²) in [6, 6.07) is 2.02. The molecule has 0 radical (unpaired) electrons. The SMILES string of the molecule is Cc1cc(Br)oc1C(=O)NC1CCNC1. The van der Waals surface area contributed by atoms with Crippen molar-refractivity contribution in [2.75, 3.05) is 13.1 Å². The molecule has 0 bridgehead atoms. The van der Waals surface area contributed by atoms with E-state index in [1.807, 2.05) is 6.92 Å². The molecule has 0 aromatic carbocycles. The molecule has 4 nitrogen and oxygen atoms in total. The van der Waals surface area contributed by atoms with Crippen molar-refractivity contribution >= 4 is 21.8 Å². The van der Waals surface area contributed by atoms with Crippen LogP contribution in [0.3, 0.4) is 0 Å². The summed E-state index contributed by atoms with van der Waals surface area (Å²) in [5.74, 6) is 0.265. The molecule has 15 heavy (non-hydrogen) atoms. The van der Waals surface area contributed by atoms with Crippen molar-refractivity contribution in [2.24, 2.45) is 0 Å². The lowest BCUT2D eigenvalue weighted by atomic mass is 10.2. The first-order valence-electron chi connectivity index (χ1n) is 4.94. The Hall–Kier alpha value is -0.810. The minimum Gasteiger partial charge on any atom is -0.444 e. The Kier molecular flexibility index (Phi) is 3.11. The van der Waals surface area contributed by atoms with Gasteiger partial charge in [-0.25, -0.2) is 0 Å². The maximum Gasteiger partial charge on any atom is 0.287 e. The molecule has 1 saturated heterocycles. The van der Waals surface area contributed by atoms with Gasteiger partial charge in [-0.15, -0.1) is 0 Å². The van der Waals surface area contributed by atoms with Gasteiger partial charge in [0.2, 0.25) is 0 Å². The van der Waals surface area contributed by atoms with Gasteiger partial charge in [-0.2, -0.15) is 0 Å². The van der Waals surface area contributed by atoms with Crippen molar-refractivity contribution in [3.05, 3.63) is 22.1 Å². The zero-order valence-corrected chi connectivity index (χ0v) is 10.1. The van der Waals surface area contributed by atoms with E-state index in [2.05, 4.69) is 26.6 Å². The highest BCUT2D eigenvalue weighted by Gasteiger charge is 2.21. The Morgan fingerprint density at radius 2 is 2.53 bits per heavy atom. The number of amides is 1. The van der Waals surface area contributed by atoms with Crippen LogP contribution in [0, 0.1) is 6.92 Å². The molecule has 1 aromatic rings. The first-order chi connectivity index (χ1) is 7.16. The van der Waals surface area contributed by atoms with Gasteiger partial charge in [0.25, 0.3) is 5.91 Å². The molecule has 1 aliphatic rings. The molecular weight excluding hydrogens is 260 g/mol. The maximum atomic E-state index is 11.8. The molecular formula is C10H13BrN2O2. The first-order valence-corrected chi connectivity index (χ1v) is 5.73. The second-order valence-electron chi connectivity index (χ2n) is 3.73. The van der Waals surface area contributed by atoms with Crippen molar-refractivity contribution in [1.82, 2.24) is 10.6 Å². The van der Waals surface area contributed by atoms with E-state index in [9.17, 15) is 4.79 Å². The Morgan fingerprint density at radius 1 is 1.73 bits per heavy atom. The summed E-state index contributed by atoms with van der Waals surface area (Å²) in [5, 5.41) is 6.13. The van der Waals surface area contributed by atoms with Crippen LogP contribution in [-0.4, -0.2) is 25.0 Å². The van der Waals surface area contributed by atoms with Crippen LogP contribution in [0.1, 0.15) is 22.5 Å². The van der Waals surface area contributed by atoms with E-state index in [0.717, 1.165) is 25.1 Å². The van der Waals surface area contributed by atoms with E-state index in [1.54, 1.807) is 6.07 Å². The third-order valence-corrected chi connectivity index (χ3v) is 2.88. The van der Waals surface area contributed by atoms with Crippen LogP contribution in [0.5, 0.6) is 0 Å². The van der Waals surface area contributed by atoms with Crippen molar-refractivity contribution < 1.29 is 9.21 Å². The van der Waals surface area contributed by atoms with Gasteiger partial charge in [0, 0.05) is 18.2 Å². The molecule has 1 aliphatic heterocycles. The Bertz CT molecular complexity index is 369. The average molecular weight is 273 g/mol. The standard InChI is InChI=1S/C10H13BrN2O2/c1-6-4-8(11)15-9(6)10(14)13-7-2-3-12-5-7/h4,7,12H,2-3,5H2,1H3,(H,13,14). The smallest absolute Gasteiger partial charge is 0.287 e. The maximum absolute atomic E-state index is 11.8. The highest BCUT2D eigenvalue weighted by atomic mass is 79.9. The van der Waals surface area contributed by atoms with Gasteiger partial charge in [-0.1, -0.05) is 0 Å². The van der Waals surface area contributed by atoms with E-state index < -0.39 is 0 Å². The summed E-state index contributed by atoms with van der Waals surface area (Å²) in [4.78, 5) is 11.8. The Morgan fingerprint density at radius 3 is 3.07 bits per heavy atom. The zero-order chi connectivity index (χ0) is 10.8. The van der Waals surface area contributed by atoms with E-state index in [0.29, 0.717) is 10.4 Å². The second kappa shape index (κ2) is 4.37. The molecule has 0 spiro atoms. The summed E-state index contributed by atoms with van der Waals surface area (Å²) >= 11 is 3.20. The lowest BCUT2D eigenvalue weighted by Gasteiger charge is -2.09. The van der Waals surface area contributed by atoms with E-state index >= 15 is 0 Å². The van der Waals surface area contributed by atoms with Crippen LogP contribution in [0.4, 0.5) is 0 Å². The van der Waals surface area contributed by atoms with Gasteiger partial charge >= 0.3 is 0 Å². The molecule has 1 aromatic heterocycles. The topological polar surface area (TPSA) is 54.3 Å². The highest BCUT2D eigenvalue weighted by Crippen LogP contribution is 2.19. The molecule has 0 aliphatic carbocycles. The lowest BCUT2D eigenvalue weighted by Crippen LogP contribution is -2.36. The molecule has 1 fully saturated rings. The number of carbonyl (C=O) groups is 1. The van der Waals surface area contributed by atoms with Gasteiger partial charge in [-0.3, -0.25) is 4.79 Å². The summed E-state index contributed by atoms with van der Waals surface area (Å²) in [5.41, 5.74) is 0.852. The molecule has 2 N–H and O–H groups in total. The second-order valence-corrected chi connectivity index (χ2v) is 4.51. The number of nitrogens with one attached hydrogen (secondary N) is 2. The third-order valence-electron chi connectivity index (χ3n) is 2.49. The summed E-state index contributed by atoms with van der Waals surface area (Å²) in [6.07, 6.45) is 0.979. The van der Waals surface area contributed by atoms with Crippen molar-refractivity contribution in [3.63, 3.8) is 0 Å². The molecule has 1 unspecified atom stereocenters. The predicted octanol–water partition coefficient (Wildman–Crippen LogP) is 1.44. The number of hydrogen-bond donors (Lipinski definition) is 2. The summed E-state index contributed by atoms with van der Waals surface area (Å²) in [6.45, 7) is 3.66. The molecule has 5 heteroatoms. The van der Waals surface area contributed by atoms with E-state index in [1.165, 1.54) is 0 Å². The summed E-state index contributed by atoms with van der Waals surface area (Å²) in [7, 11) is 0. The normalized spacial score (nSPS) is 20.5. The van der Waals surface area contributed by atoms with Crippen molar-refractivity contribution in [1.29, 1.82) is 0 Å². The minimum absolute atomic E-state index is 0.132. The molecule has 1 atom stereocenters. The van der Waals surface area contributed by atoms with Crippen LogP contribution in [-0.2, 0) is 0 Å². The fraction of sp³-hybridized carbons (Fsp3) is 0.500. The first kappa shape index (κ1) is 10.7. The number of aryl methyl sites for hydroxylation is 1. The van der Waals surface area contributed by atoms with Crippen LogP contribution in [0.15, 0.2) is 15.2 Å². The molecule has 1 amide bonds. The average Bonchev–Trinajstić information content (AvgIpc) is 2.75. The highest BCUT2D eigenvalue weighted by molar-refractivity contribution is 9.10. The monoisotopic (exact) mass is 272 g/mol. The largest absolute Gasteiger partial charge is 0.444 e. The fourth-order valence-corrected chi connectivity index (χ4v) is 2.20. The van der Waals surface area contributed by atoms with Crippen molar-refractivity contribution in [3.8, 4) is 0 Å². The molecule has 2 rings (SSSR count). The summed E-state index contributed by atoms with van der Waals surface area (Å²) < 4.78 is 5.86. The van der Waals surface area contributed by atoms with Gasteiger partial charge < -0.3 is 15.1 Å². The van der Waals surface area contributed by atoms with E-state index in [-0.39, 0.29) is 11.9 Å². The van der Waals surface area contributed by atoms with Crippen LogP contribution < -0.4 is 10.6 Å². The number of halogens is 1. The van der Waals surface area contributed by atoms with Gasteiger partial charge in [0.15, 0.2) is 10.4 Å². The third kappa shape index (κ3) is 2.41.